The van der Waals surface area contributed by atoms with Gasteiger partial charge >= 0.3 is 5.97 Å². The van der Waals surface area contributed by atoms with Crippen LogP contribution in [-0.4, -0.2) is 58.9 Å². The van der Waals surface area contributed by atoms with Crippen molar-refractivity contribution in [2.24, 2.45) is 0 Å². The number of carbonyl (C=O) groups is 1. The minimum absolute atomic E-state index is 0.725. The highest BCUT2D eigenvalue weighted by atomic mass is 16.6. The van der Waals surface area contributed by atoms with Crippen LogP contribution in [0.2, 0.25) is 0 Å². The maximum absolute atomic E-state index is 11.1. The fourth-order valence-corrected chi connectivity index (χ4v) is 1.36. The molecule has 0 bridgehead atoms. The third kappa shape index (κ3) is 1.88. The van der Waals surface area contributed by atoms with E-state index in [0.717, 1.165) is 7.11 Å². The van der Waals surface area contributed by atoms with E-state index in [4.69, 9.17) is 4.74 Å². The van der Waals surface area contributed by atoms with Crippen molar-refractivity contribution in [1.82, 2.24) is 0 Å². The van der Waals surface area contributed by atoms with Crippen molar-refractivity contribution >= 4 is 5.97 Å². The van der Waals surface area contributed by atoms with Crippen molar-refractivity contribution in [3.05, 3.63) is 0 Å². The van der Waals surface area contributed by atoms with E-state index in [0.29, 0.717) is 0 Å². The molecule has 0 aliphatic carbocycles. The lowest BCUT2D eigenvalue weighted by Gasteiger charge is -2.37. The van der Waals surface area contributed by atoms with Gasteiger partial charge in [-0.05, 0) is 6.92 Å². The smallest absolute Gasteiger partial charge is 0.337 e. The van der Waals surface area contributed by atoms with Crippen molar-refractivity contribution < 1.29 is 29.6 Å². The molecule has 1 rings (SSSR count). The Morgan fingerprint density at radius 1 is 1.21 bits per heavy atom. The summed E-state index contributed by atoms with van der Waals surface area (Å²) in [6.45, 7) is 1.50. The van der Waals surface area contributed by atoms with Crippen LogP contribution in [0, 0.1) is 0 Å². The fraction of sp³-hybridized carbons (Fsp3) is 0.875. The number of methoxy groups -OCH3 is 1. The third-order valence-corrected chi connectivity index (χ3v) is 2.29. The SMILES string of the molecule is COC(=O)C1OC(C)C(O)C(O)C1O. The van der Waals surface area contributed by atoms with Crippen LogP contribution < -0.4 is 0 Å². The number of aliphatic hydroxyl groups excluding tert-OH is 3. The van der Waals surface area contributed by atoms with Gasteiger partial charge in [-0.15, -0.1) is 0 Å². The van der Waals surface area contributed by atoms with Gasteiger partial charge in [0.1, 0.15) is 18.3 Å². The van der Waals surface area contributed by atoms with Crippen LogP contribution in [0.15, 0.2) is 0 Å². The molecule has 14 heavy (non-hydrogen) atoms. The molecule has 1 aliphatic rings. The van der Waals surface area contributed by atoms with E-state index < -0.39 is 36.5 Å². The van der Waals surface area contributed by atoms with Gasteiger partial charge in [-0.2, -0.15) is 0 Å². The second kappa shape index (κ2) is 4.22. The number of aliphatic hydroxyl groups is 3. The Bertz CT molecular complexity index is 218. The van der Waals surface area contributed by atoms with Crippen LogP contribution >= 0.6 is 0 Å². The second-order valence-electron chi connectivity index (χ2n) is 3.26. The summed E-state index contributed by atoms with van der Waals surface area (Å²) in [7, 11) is 1.15. The molecule has 1 heterocycles. The van der Waals surface area contributed by atoms with Gasteiger partial charge in [0.15, 0.2) is 6.10 Å². The van der Waals surface area contributed by atoms with Crippen LogP contribution in [0.4, 0.5) is 0 Å². The molecule has 0 amide bonds. The highest BCUT2D eigenvalue weighted by molar-refractivity contribution is 5.75. The summed E-state index contributed by atoms with van der Waals surface area (Å²) in [5, 5.41) is 28.0. The highest BCUT2D eigenvalue weighted by Gasteiger charge is 2.45. The lowest BCUT2D eigenvalue weighted by molar-refractivity contribution is -0.225. The van der Waals surface area contributed by atoms with Crippen LogP contribution in [0.5, 0.6) is 0 Å². The number of hydrogen-bond acceptors (Lipinski definition) is 6. The average molecular weight is 206 g/mol. The molecule has 0 spiro atoms. The summed E-state index contributed by atoms with van der Waals surface area (Å²) in [5.41, 5.74) is 0. The van der Waals surface area contributed by atoms with Crippen molar-refractivity contribution in [2.45, 2.75) is 37.4 Å². The first-order chi connectivity index (χ1) is 6.49. The van der Waals surface area contributed by atoms with Crippen molar-refractivity contribution in [3.63, 3.8) is 0 Å². The lowest BCUT2D eigenvalue weighted by Crippen LogP contribution is -2.59. The zero-order chi connectivity index (χ0) is 10.9. The maximum Gasteiger partial charge on any atom is 0.337 e. The topological polar surface area (TPSA) is 96.2 Å². The molecule has 0 aromatic rings. The molecule has 1 saturated heterocycles. The summed E-state index contributed by atoms with van der Waals surface area (Å²) in [4.78, 5) is 11.1. The van der Waals surface area contributed by atoms with E-state index in [-0.39, 0.29) is 0 Å². The Labute approximate surface area is 81.1 Å². The van der Waals surface area contributed by atoms with Crippen LogP contribution in [0.1, 0.15) is 6.92 Å². The van der Waals surface area contributed by atoms with Crippen molar-refractivity contribution in [2.75, 3.05) is 7.11 Å². The minimum atomic E-state index is -1.46. The molecule has 0 aromatic carbocycles. The lowest BCUT2D eigenvalue weighted by atomic mass is 9.96. The standard InChI is InChI=1S/C8H14O6/c1-3-4(9)5(10)6(11)7(14-3)8(12)13-2/h3-7,9-11H,1-2H3. The fourth-order valence-electron chi connectivity index (χ4n) is 1.36. The third-order valence-electron chi connectivity index (χ3n) is 2.29. The molecule has 1 aliphatic heterocycles. The summed E-state index contributed by atoms with van der Waals surface area (Å²) in [6.07, 6.45) is -6.03. The van der Waals surface area contributed by atoms with E-state index in [9.17, 15) is 20.1 Å². The van der Waals surface area contributed by atoms with Gasteiger partial charge in [-0.25, -0.2) is 4.79 Å². The van der Waals surface area contributed by atoms with E-state index in [1.165, 1.54) is 6.92 Å². The summed E-state index contributed by atoms with van der Waals surface area (Å²) < 4.78 is 9.37. The predicted molar refractivity (Wildman–Crippen MR) is 44.4 cm³/mol. The monoisotopic (exact) mass is 206 g/mol. The van der Waals surface area contributed by atoms with E-state index in [1.54, 1.807) is 0 Å². The molecule has 0 aromatic heterocycles. The molecule has 6 nitrogen and oxygen atoms in total. The first-order valence-corrected chi connectivity index (χ1v) is 4.26. The number of carbonyl (C=O) groups excluding carboxylic acids is 1. The number of hydrogen-bond donors (Lipinski definition) is 3. The normalized spacial score (nSPS) is 43.4. The molecule has 6 heteroatoms. The highest BCUT2D eigenvalue weighted by Crippen LogP contribution is 2.21. The first-order valence-electron chi connectivity index (χ1n) is 4.26. The van der Waals surface area contributed by atoms with E-state index in [2.05, 4.69) is 4.74 Å². The molecule has 0 saturated carbocycles. The summed E-state index contributed by atoms with van der Waals surface area (Å²) in [5.74, 6) is -0.768. The largest absolute Gasteiger partial charge is 0.467 e. The molecule has 5 atom stereocenters. The number of esters is 1. The number of rotatable bonds is 1. The van der Waals surface area contributed by atoms with E-state index >= 15 is 0 Å². The van der Waals surface area contributed by atoms with Crippen LogP contribution in [0.25, 0.3) is 0 Å². The van der Waals surface area contributed by atoms with Gasteiger partial charge in [0.25, 0.3) is 0 Å². The Morgan fingerprint density at radius 2 is 1.79 bits per heavy atom. The summed E-state index contributed by atoms with van der Waals surface area (Å²) in [6, 6.07) is 0. The Morgan fingerprint density at radius 3 is 2.29 bits per heavy atom. The first kappa shape index (κ1) is 11.4. The van der Waals surface area contributed by atoms with Gasteiger partial charge < -0.3 is 24.8 Å². The molecule has 1 fully saturated rings. The molecular weight excluding hydrogens is 192 g/mol. The summed E-state index contributed by atoms with van der Waals surface area (Å²) >= 11 is 0. The van der Waals surface area contributed by atoms with Gasteiger partial charge in [0.2, 0.25) is 0 Å². The van der Waals surface area contributed by atoms with Gasteiger partial charge in [0.05, 0.1) is 13.2 Å². The maximum atomic E-state index is 11.1. The Balaban J connectivity index is 2.75. The van der Waals surface area contributed by atoms with Gasteiger partial charge in [-0.1, -0.05) is 0 Å². The minimum Gasteiger partial charge on any atom is -0.467 e. The van der Waals surface area contributed by atoms with Crippen molar-refractivity contribution in [1.29, 1.82) is 0 Å². The molecule has 5 unspecified atom stereocenters. The molecule has 3 N–H and O–H groups in total. The zero-order valence-corrected chi connectivity index (χ0v) is 7.95. The van der Waals surface area contributed by atoms with Gasteiger partial charge in [0, 0.05) is 0 Å². The Kier molecular flexibility index (Phi) is 3.43. The van der Waals surface area contributed by atoms with Crippen LogP contribution in [0.3, 0.4) is 0 Å². The quantitative estimate of drug-likeness (QED) is 0.431. The Hall–Kier alpha value is -0.690. The average Bonchev–Trinajstić information content (AvgIpc) is 2.19. The molecular formula is C8H14O6. The zero-order valence-electron chi connectivity index (χ0n) is 7.95. The molecule has 0 radical (unpaired) electrons. The van der Waals surface area contributed by atoms with Crippen LogP contribution in [-0.2, 0) is 14.3 Å². The number of ether oxygens (including phenoxy) is 2. The predicted octanol–water partition coefficient (Wildman–Crippen LogP) is -1.97. The van der Waals surface area contributed by atoms with E-state index in [1.807, 2.05) is 0 Å². The second-order valence-corrected chi connectivity index (χ2v) is 3.26. The molecule has 82 valence electrons. The van der Waals surface area contributed by atoms with Gasteiger partial charge in [-0.3, -0.25) is 0 Å². The van der Waals surface area contributed by atoms with Crippen molar-refractivity contribution in [3.8, 4) is 0 Å².